The van der Waals surface area contributed by atoms with E-state index < -0.39 is 5.97 Å². The summed E-state index contributed by atoms with van der Waals surface area (Å²) in [7, 11) is 2.90. The lowest BCUT2D eigenvalue weighted by Crippen LogP contribution is -2.13. The van der Waals surface area contributed by atoms with E-state index in [9.17, 15) is 9.59 Å². The molecule has 0 unspecified atom stereocenters. The van der Waals surface area contributed by atoms with E-state index in [1.54, 1.807) is 49.6 Å². The van der Waals surface area contributed by atoms with Crippen molar-refractivity contribution in [3.63, 3.8) is 0 Å². The zero-order chi connectivity index (χ0) is 18.2. The fourth-order valence-corrected chi connectivity index (χ4v) is 2.26. The van der Waals surface area contributed by atoms with Crippen LogP contribution < -0.4 is 10.1 Å². The summed E-state index contributed by atoms with van der Waals surface area (Å²) in [6.45, 7) is 2.85. The molecule has 132 valence electrons. The fourth-order valence-electron chi connectivity index (χ4n) is 2.26. The number of ether oxygens (including phenoxy) is 3. The Morgan fingerprint density at radius 2 is 1.68 bits per heavy atom. The molecular formula is C19H21NO5. The summed E-state index contributed by atoms with van der Waals surface area (Å²) in [4.78, 5) is 23.8. The fraction of sp³-hybridized carbons (Fsp3) is 0.263. The predicted molar refractivity (Wildman–Crippen MR) is 94.1 cm³/mol. The van der Waals surface area contributed by atoms with Gasteiger partial charge in [0.1, 0.15) is 5.75 Å². The van der Waals surface area contributed by atoms with Crippen molar-refractivity contribution in [3.05, 3.63) is 59.2 Å². The lowest BCUT2D eigenvalue weighted by Gasteiger charge is -2.11. The third-order valence-electron chi connectivity index (χ3n) is 3.57. The highest BCUT2D eigenvalue weighted by molar-refractivity contribution is 6.04. The summed E-state index contributed by atoms with van der Waals surface area (Å²) in [6.07, 6.45) is 0. The molecule has 0 fully saturated rings. The van der Waals surface area contributed by atoms with Gasteiger partial charge in [-0.15, -0.1) is 0 Å². The molecule has 0 saturated carbocycles. The third-order valence-corrected chi connectivity index (χ3v) is 3.57. The van der Waals surface area contributed by atoms with E-state index in [0.29, 0.717) is 35.8 Å². The number of rotatable bonds is 7. The Bertz CT molecular complexity index is 740. The topological polar surface area (TPSA) is 73.9 Å². The molecule has 25 heavy (non-hydrogen) atoms. The van der Waals surface area contributed by atoms with Crippen LogP contribution in [0.15, 0.2) is 42.5 Å². The van der Waals surface area contributed by atoms with E-state index >= 15 is 0 Å². The number of anilines is 1. The Hall–Kier alpha value is -2.86. The molecule has 6 nitrogen and oxygen atoms in total. The molecule has 0 aliphatic heterocycles. The van der Waals surface area contributed by atoms with Crippen LogP contribution in [0.25, 0.3) is 0 Å². The molecule has 2 rings (SSSR count). The molecule has 0 radical (unpaired) electrons. The minimum atomic E-state index is -0.423. The maximum absolute atomic E-state index is 12.4. The normalized spacial score (nSPS) is 10.2. The Labute approximate surface area is 146 Å². The van der Waals surface area contributed by atoms with Crippen LogP contribution in [0.4, 0.5) is 5.69 Å². The van der Waals surface area contributed by atoms with Crippen molar-refractivity contribution >= 4 is 17.6 Å². The van der Waals surface area contributed by atoms with Gasteiger partial charge in [-0.2, -0.15) is 0 Å². The van der Waals surface area contributed by atoms with E-state index in [4.69, 9.17) is 9.47 Å². The zero-order valence-electron chi connectivity index (χ0n) is 14.5. The molecule has 0 atom stereocenters. The zero-order valence-corrected chi connectivity index (χ0v) is 14.5. The van der Waals surface area contributed by atoms with Gasteiger partial charge >= 0.3 is 5.97 Å². The second-order valence-electron chi connectivity index (χ2n) is 5.19. The number of benzene rings is 2. The van der Waals surface area contributed by atoms with Crippen molar-refractivity contribution in [3.8, 4) is 5.75 Å². The first kappa shape index (κ1) is 18.5. The first-order chi connectivity index (χ1) is 12.1. The second kappa shape index (κ2) is 8.84. The minimum absolute atomic E-state index is 0.258. The molecule has 2 aromatic rings. The van der Waals surface area contributed by atoms with Gasteiger partial charge in [0, 0.05) is 23.4 Å². The van der Waals surface area contributed by atoms with Crippen LogP contribution >= 0.6 is 0 Å². The van der Waals surface area contributed by atoms with Gasteiger partial charge in [0.2, 0.25) is 0 Å². The second-order valence-corrected chi connectivity index (χ2v) is 5.19. The molecule has 1 amide bonds. The van der Waals surface area contributed by atoms with Crippen molar-refractivity contribution < 1.29 is 23.8 Å². The van der Waals surface area contributed by atoms with Crippen LogP contribution in [-0.2, 0) is 16.1 Å². The molecule has 1 N–H and O–H groups in total. The minimum Gasteiger partial charge on any atom is -0.496 e. The number of hydrogen-bond acceptors (Lipinski definition) is 5. The third kappa shape index (κ3) is 4.81. The summed E-state index contributed by atoms with van der Waals surface area (Å²) in [5.74, 6) is -0.00718. The van der Waals surface area contributed by atoms with Crippen molar-refractivity contribution in [2.24, 2.45) is 0 Å². The highest BCUT2D eigenvalue weighted by atomic mass is 16.5. The Balaban J connectivity index is 2.13. The maximum atomic E-state index is 12.4. The van der Waals surface area contributed by atoms with Gasteiger partial charge in [0.25, 0.3) is 5.91 Å². The molecule has 0 aromatic heterocycles. The summed E-state index contributed by atoms with van der Waals surface area (Å²) >= 11 is 0. The molecule has 0 aliphatic rings. The summed E-state index contributed by atoms with van der Waals surface area (Å²) in [6, 6.07) is 11.7. The van der Waals surface area contributed by atoms with E-state index in [1.807, 2.05) is 6.92 Å². The molecule has 0 heterocycles. The molecule has 0 bridgehead atoms. The van der Waals surface area contributed by atoms with E-state index in [1.165, 1.54) is 7.11 Å². The Kier molecular flexibility index (Phi) is 6.54. The summed E-state index contributed by atoms with van der Waals surface area (Å²) in [5.41, 5.74) is 2.30. The number of carbonyl (C=O) groups excluding carboxylic acids is 2. The van der Waals surface area contributed by atoms with Crippen LogP contribution in [0, 0.1) is 0 Å². The van der Waals surface area contributed by atoms with Crippen LogP contribution in [0.1, 0.15) is 33.2 Å². The molecule has 0 spiro atoms. The van der Waals surface area contributed by atoms with Gasteiger partial charge in [-0.25, -0.2) is 4.79 Å². The van der Waals surface area contributed by atoms with Gasteiger partial charge < -0.3 is 19.5 Å². The average molecular weight is 343 g/mol. The van der Waals surface area contributed by atoms with E-state index in [-0.39, 0.29) is 5.91 Å². The standard InChI is InChI=1S/C19H21NO5/c1-4-25-12-15-11-14(7-10-17(15)23-2)18(21)20-16-8-5-13(6-9-16)19(22)24-3/h5-11H,4,12H2,1-3H3,(H,20,21). The maximum Gasteiger partial charge on any atom is 0.337 e. The van der Waals surface area contributed by atoms with Crippen LogP contribution in [-0.4, -0.2) is 32.7 Å². The van der Waals surface area contributed by atoms with E-state index in [2.05, 4.69) is 10.1 Å². The van der Waals surface area contributed by atoms with Crippen LogP contribution in [0.2, 0.25) is 0 Å². The largest absolute Gasteiger partial charge is 0.496 e. The lowest BCUT2D eigenvalue weighted by atomic mass is 10.1. The number of amides is 1. The highest BCUT2D eigenvalue weighted by Gasteiger charge is 2.11. The van der Waals surface area contributed by atoms with Gasteiger partial charge in [-0.3, -0.25) is 4.79 Å². The van der Waals surface area contributed by atoms with Crippen LogP contribution in [0.3, 0.4) is 0 Å². The number of carbonyl (C=O) groups is 2. The number of methoxy groups -OCH3 is 2. The van der Waals surface area contributed by atoms with Gasteiger partial charge in [0.05, 0.1) is 26.4 Å². The Morgan fingerprint density at radius 1 is 1.00 bits per heavy atom. The molecule has 0 saturated heterocycles. The lowest BCUT2D eigenvalue weighted by molar-refractivity contribution is 0.0600. The van der Waals surface area contributed by atoms with Crippen molar-refractivity contribution in [1.29, 1.82) is 0 Å². The summed E-state index contributed by atoms with van der Waals surface area (Å²) in [5, 5.41) is 2.79. The molecule has 2 aromatic carbocycles. The van der Waals surface area contributed by atoms with Gasteiger partial charge in [-0.1, -0.05) is 0 Å². The van der Waals surface area contributed by atoms with Gasteiger partial charge in [-0.05, 0) is 49.4 Å². The SMILES string of the molecule is CCOCc1cc(C(=O)Nc2ccc(C(=O)OC)cc2)ccc1OC. The monoisotopic (exact) mass is 343 g/mol. The predicted octanol–water partition coefficient (Wildman–Crippen LogP) is 3.27. The first-order valence-corrected chi connectivity index (χ1v) is 7.83. The quantitative estimate of drug-likeness (QED) is 0.781. The number of nitrogens with one attached hydrogen (secondary N) is 1. The highest BCUT2D eigenvalue weighted by Crippen LogP contribution is 2.22. The Morgan fingerprint density at radius 3 is 2.28 bits per heavy atom. The first-order valence-electron chi connectivity index (χ1n) is 7.83. The smallest absolute Gasteiger partial charge is 0.337 e. The molecular weight excluding hydrogens is 322 g/mol. The van der Waals surface area contributed by atoms with Crippen molar-refractivity contribution in [2.45, 2.75) is 13.5 Å². The van der Waals surface area contributed by atoms with Gasteiger partial charge in [0.15, 0.2) is 0 Å². The number of esters is 1. The van der Waals surface area contributed by atoms with Crippen LogP contribution in [0.5, 0.6) is 5.75 Å². The number of hydrogen-bond donors (Lipinski definition) is 1. The molecule has 6 heteroatoms. The molecule has 0 aliphatic carbocycles. The van der Waals surface area contributed by atoms with E-state index in [0.717, 1.165) is 5.56 Å². The van der Waals surface area contributed by atoms with Crippen molar-refractivity contribution in [1.82, 2.24) is 0 Å². The van der Waals surface area contributed by atoms with Crippen molar-refractivity contribution in [2.75, 3.05) is 26.1 Å². The summed E-state index contributed by atoms with van der Waals surface area (Å²) < 4.78 is 15.3. The average Bonchev–Trinajstić information content (AvgIpc) is 2.65.